The van der Waals surface area contributed by atoms with Gasteiger partial charge in [-0.05, 0) is 18.6 Å². The van der Waals surface area contributed by atoms with Crippen LogP contribution >= 0.6 is 0 Å². The van der Waals surface area contributed by atoms with Crippen molar-refractivity contribution in [1.29, 1.82) is 0 Å². The van der Waals surface area contributed by atoms with Crippen LogP contribution in [0.4, 0.5) is 0 Å². The Hall–Kier alpha value is -2.70. The molecule has 7 nitrogen and oxygen atoms in total. The van der Waals surface area contributed by atoms with Gasteiger partial charge in [-0.1, -0.05) is 13.0 Å². The van der Waals surface area contributed by atoms with Crippen molar-refractivity contribution in [2.24, 2.45) is 0 Å². The molecule has 0 saturated heterocycles. The highest BCUT2D eigenvalue weighted by Gasteiger charge is 2.13. The number of aromatic amines is 2. The summed E-state index contributed by atoms with van der Waals surface area (Å²) < 4.78 is 1.46. The van der Waals surface area contributed by atoms with E-state index in [0.29, 0.717) is 29.2 Å². The lowest BCUT2D eigenvalue weighted by atomic mass is 10.3. The average Bonchev–Trinajstić information content (AvgIpc) is 2.90. The largest absolute Gasteiger partial charge is 0.331 e. The predicted octanol–water partition coefficient (Wildman–Crippen LogP) is 0.885. The first-order valence-electron chi connectivity index (χ1n) is 6.35. The standard InChI is InChI=1S/C13H13N5O2/c1-2-7-18-11-9(12(19)17-13(18)20)15-10(16-11)8-5-3-4-6-14-8/h3-6H,2,7H2,1H3,(H,15,16)(H,17,19,20). The van der Waals surface area contributed by atoms with Gasteiger partial charge in [0, 0.05) is 12.7 Å². The number of fused-ring (bicyclic) bond motifs is 1. The molecule has 0 aliphatic heterocycles. The zero-order chi connectivity index (χ0) is 14.1. The average molecular weight is 271 g/mol. The highest BCUT2D eigenvalue weighted by Crippen LogP contribution is 2.15. The molecule has 0 fully saturated rings. The van der Waals surface area contributed by atoms with Gasteiger partial charge in [-0.2, -0.15) is 0 Å². The van der Waals surface area contributed by atoms with E-state index in [0.717, 1.165) is 6.42 Å². The fraction of sp³-hybridized carbons (Fsp3) is 0.231. The third-order valence-corrected chi connectivity index (χ3v) is 2.99. The van der Waals surface area contributed by atoms with E-state index >= 15 is 0 Å². The van der Waals surface area contributed by atoms with Crippen LogP contribution in [-0.2, 0) is 6.54 Å². The molecule has 102 valence electrons. The molecule has 0 spiro atoms. The van der Waals surface area contributed by atoms with Crippen molar-refractivity contribution in [1.82, 2.24) is 24.5 Å². The van der Waals surface area contributed by atoms with Crippen LogP contribution in [-0.4, -0.2) is 24.5 Å². The summed E-state index contributed by atoms with van der Waals surface area (Å²) in [6, 6.07) is 5.42. The summed E-state index contributed by atoms with van der Waals surface area (Å²) in [4.78, 5) is 37.4. The number of H-pyrrole nitrogens is 2. The third kappa shape index (κ3) is 1.93. The predicted molar refractivity (Wildman–Crippen MR) is 74.5 cm³/mol. The van der Waals surface area contributed by atoms with Crippen LogP contribution in [0.15, 0.2) is 34.0 Å². The molecule has 0 atom stereocenters. The van der Waals surface area contributed by atoms with E-state index in [2.05, 4.69) is 19.9 Å². The lowest BCUT2D eigenvalue weighted by Crippen LogP contribution is -2.30. The third-order valence-electron chi connectivity index (χ3n) is 2.99. The molecule has 3 rings (SSSR count). The Bertz CT molecular complexity index is 860. The Morgan fingerprint density at radius 3 is 2.80 bits per heavy atom. The first-order chi connectivity index (χ1) is 9.70. The van der Waals surface area contributed by atoms with E-state index in [1.54, 1.807) is 18.3 Å². The van der Waals surface area contributed by atoms with Gasteiger partial charge >= 0.3 is 5.69 Å². The Morgan fingerprint density at radius 1 is 1.25 bits per heavy atom. The molecule has 0 saturated carbocycles. The molecule has 0 aliphatic carbocycles. The van der Waals surface area contributed by atoms with Crippen LogP contribution in [0.3, 0.4) is 0 Å². The maximum Gasteiger partial charge on any atom is 0.330 e. The highest BCUT2D eigenvalue weighted by atomic mass is 16.2. The van der Waals surface area contributed by atoms with Gasteiger partial charge in [0.2, 0.25) is 0 Å². The molecule has 3 heterocycles. The molecule has 20 heavy (non-hydrogen) atoms. The molecule has 0 amide bonds. The minimum atomic E-state index is -0.466. The Morgan fingerprint density at radius 2 is 2.10 bits per heavy atom. The summed E-state index contributed by atoms with van der Waals surface area (Å²) >= 11 is 0. The molecule has 0 aliphatic rings. The van der Waals surface area contributed by atoms with Gasteiger partial charge in [0.05, 0.1) is 0 Å². The molecule has 0 aromatic carbocycles. The quantitative estimate of drug-likeness (QED) is 0.739. The molecular formula is C13H13N5O2. The summed E-state index contributed by atoms with van der Waals surface area (Å²) in [5.74, 6) is 0.474. The minimum Gasteiger partial charge on any atom is -0.331 e. The lowest BCUT2D eigenvalue weighted by molar-refractivity contribution is 0.653. The monoisotopic (exact) mass is 271 g/mol. The number of nitrogens with one attached hydrogen (secondary N) is 2. The zero-order valence-electron chi connectivity index (χ0n) is 10.9. The number of nitrogens with zero attached hydrogens (tertiary/aromatic N) is 3. The Labute approximate surface area is 113 Å². The van der Waals surface area contributed by atoms with Gasteiger partial charge < -0.3 is 4.98 Å². The second-order valence-electron chi connectivity index (χ2n) is 4.41. The minimum absolute atomic E-state index is 0.290. The van der Waals surface area contributed by atoms with Gasteiger partial charge in [0.25, 0.3) is 5.56 Å². The number of rotatable bonds is 3. The van der Waals surface area contributed by atoms with Crippen LogP contribution in [0.5, 0.6) is 0 Å². The summed E-state index contributed by atoms with van der Waals surface area (Å²) in [6.45, 7) is 2.45. The van der Waals surface area contributed by atoms with Crippen LogP contribution in [0.1, 0.15) is 13.3 Å². The number of imidazole rings is 1. The van der Waals surface area contributed by atoms with E-state index in [1.807, 2.05) is 13.0 Å². The van der Waals surface area contributed by atoms with Crippen LogP contribution in [0.2, 0.25) is 0 Å². The van der Waals surface area contributed by atoms with E-state index < -0.39 is 11.2 Å². The van der Waals surface area contributed by atoms with Crippen molar-refractivity contribution in [3.63, 3.8) is 0 Å². The highest BCUT2D eigenvalue weighted by molar-refractivity contribution is 5.74. The fourth-order valence-corrected chi connectivity index (χ4v) is 2.10. The Balaban J connectivity index is 2.30. The van der Waals surface area contributed by atoms with Crippen molar-refractivity contribution < 1.29 is 0 Å². The second kappa shape index (κ2) is 4.76. The number of pyridine rings is 1. The van der Waals surface area contributed by atoms with Crippen LogP contribution in [0.25, 0.3) is 22.7 Å². The molecular weight excluding hydrogens is 258 g/mol. The van der Waals surface area contributed by atoms with Gasteiger partial charge in [-0.25, -0.2) is 9.78 Å². The van der Waals surface area contributed by atoms with Crippen molar-refractivity contribution >= 4 is 11.2 Å². The van der Waals surface area contributed by atoms with Crippen molar-refractivity contribution in [3.8, 4) is 11.5 Å². The van der Waals surface area contributed by atoms with Gasteiger partial charge in [0.1, 0.15) is 11.2 Å². The van der Waals surface area contributed by atoms with Gasteiger partial charge in [0.15, 0.2) is 11.5 Å². The van der Waals surface area contributed by atoms with E-state index in [9.17, 15) is 9.59 Å². The van der Waals surface area contributed by atoms with Crippen molar-refractivity contribution in [2.45, 2.75) is 19.9 Å². The zero-order valence-corrected chi connectivity index (χ0v) is 10.9. The van der Waals surface area contributed by atoms with E-state index in [-0.39, 0.29) is 0 Å². The molecule has 0 radical (unpaired) electrons. The first kappa shape index (κ1) is 12.3. The smallest absolute Gasteiger partial charge is 0.330 e. The first-order valence-corrected chi connectivity index (χ1v) is 6.35. The summed E-state index contributed by atoms with van der Waals surface area (Å²) in [6.07, 6.45) is 2.42. The normalized spacial score (nSPS) is 11.1. The maximum absolute atomic E-state index is 11.8. The van der Waals surface area contributed by atoms with Gasteiger partial charge in [-0.15, -0.1) is 0 Å². The number of aryl methyl sites for hydroxylation is 1. The van der Waals surface area contributed by atoms with Crippen LogP contribution < -0.4 is 11.2 Å². The number of hydrogen-bond acceptors (Lipinski definition) is 4. The lowest BCUT2D eigenvalue weighted by Gasteiger charge is -2.02. The summed E-state index contributed by atoms with van der Waals surface area (Å²) in [5, 5.41) is 0. The maximum atomic E-state index is 11.8. The molecule has 0 bridgehead atoms. The fourth-order valence-electron chi connectivity index (χ4n) is 2.10. The SMILES string of the molecule is CCCn1c(=O)[nH]c(=O)c2[nH]c(-c3ccccn3)nc21. The van der Waals surface area contributed by atoms with Crippen LogP contribution in [0, 0.1) is 0 Å². The Kier molecular flexibility index (Phi) is 2.94. The molecule has 7 heteroatoms. The second-order valence-corrected chi connectivity index (χ2v) is 4.41. The molecule has 3 aromatic heterocycles. The number of aromatic nitrogens is 5. The van der Waals surface area contributed by atoms with Crippen molar-refractivity contribution in [2.75, 3.05) is 0 Å². The molecule has 2 N–H and O–H groups in total. The van der Waals surface area contributed by atoms with Crippen molar-refractivity contribution in [3.05, 3.63) is 45.2 Å². The summed E-state index contributed by atoms with van der Waals surface area (Å²) in [7, 11) is 0. The number of hydrogen-bond donors (Lipinski definition) is 2. The van der Waals surface area contributed by atoms with Gasteiger partial charge in [-0.3, -0.25) is 19.3 Å². The molecule has 0 unspecified atom stereocenters. The molecule has 3 aromatic rings. The van der Waals surface area contributed by atoms with E-state index in [1.165, 1.54) is 4.57 Å². The topological polar surface area (TPSA) is 96.4 Å². The summed E-state index contributed by atoms with van der Waals surface area (Å²) in [5.41, 5.74) is 0.369. The van der Waals surface area contributed by atoms with E-state index in [4.69, 9.17) is 0 Å².